The molecule has 0 radical (unpaired) electrons. The van der Waals surface area contributed by atoms with Gasteiger partial charge in [-0.25, -0.2) is 4.39 Å². The second kappa shape index (κ2) is 9.06. The van der Waals surface area contributed by atoms with Gasteiger partial charge in [0.15, 0.2) is 0 Å². The zero-order chi connectivity index (χ0) is 18.2. The van der Waals surface area contributed by atoms with Gasteiger partial charge < -0.3 is 10.6 Å². The van der Waals surface area contributed by atoms with Crippen LogP contribution in [0.5, 0.6) is 0 Å². The first-order valence-corrected chi connectivity index (χ1v) is 9.10. The van der Waals surface area contributed by atoms with Crippen LogP contribution in [0.3, 0.4) is 0 Å². The molecule has 0 bridgehead atoms. The summed E-state index contributed by atoms with van der Waals surface area (Å²) in [4.78, 5) is 14.2. The van der Waals surface area contributed by atoms with E-state index in [4.69, 9.17) is 0 Å². The van der Waals surface area contributed by atoms with Gasteiger partial charge in [-0.2, -0.15) is 0 Å². The van der Waals surface area contributed by atoms with Gasteiger partial charge in [0, 0.05) is 27.6 Å². The van der Waals surface area contributed by atoms with Crippen molar-refractivity contribution in [1.29, 1.82) is 0 Å². The molecule has 0 aliphatic carbocycles. The molecule has 3 aromatic carbocycles. The molecule has 1 amide bonds. The highest BCUT2D eigenvalue weighted by molar-refractivity contribution is 7.99. The number of halogens is 1. The number of benzene rings is 3. The molecule has 2 N–H and O–H groups in total. The number of hydrogen-bond acceptors (Lipinski definition) is 3. The number of amides is 1. The molecule has 26 heavy (non-hydrogen) atoms. The molecule has 3 nitrogen and oxygen atoms in total. The Bertz CT molecular complexity index is 871. The lowest BCUT2D eigenvalue weighted by Crippen LogP contribution is -2.29. The molecule has 132 valence electrons. The summed E-state index contributed by atoms with van der Waals surface area (Å²) in [6.07, 6.45) is 0. The summed E-state index contributed by atoms with van der Waals surface area (Å²) in [5.41, 5.74) is 1.36. The topological polar surface area (TPSA) is 41.1 Å². The first-order chi connectivity index (χ1) is 12.7. The Labute approximate surface area is 156 Å². The molecule has 0 fully saturated rings. The predicted octanol–water partition coefficient (Wildman–Crippen LogP) is 4.71. The number of nitrogens with one attached hydrogen (secondary N) is 2. The lowest BCUT2D eigenvalue weighted by molar-refractivity contribution is -0.119. The third-order valence-corrected chi connectivity index (χ3v) is 4.82. The van der Waals surface area contributed by atoms with Gasteiger partial charge >= 0.3 is 0 Å². The van der Waals surface area contributed by atoms with Crippen molar-refractivity contribution in [1.82, 2.24) is 5.32 Å². The maximum atomic E-state index is 13.6. The molecule has 0 saturated heterocycles. The zero-order valence-electron chi connectivity index (χ0n) is 14.1. The second-order valence-corrected chi connectivity index (χ2v) is 6.75. The Hall–Kier alpha value is -2.79. The van der Waals surface area contributed by atoms with Crippen LogP contribution < -0.4 is 10.6 Å². The SMILES string of the molecule is O=C(CNc1ccccc1Sc1ccccc1)NCc1ccccc1F. The number of anilines is 1. The van der Waals surface area contributed by atoms with E-state index in [1.807, 2.05) is 54.6 Å². The van der Waals surface area contributed by atoms with E-state index in [2.05, 4.69) is 10.6 Å². The molecule has 5 heteroatoms. The van der Waals surface area contributed by atoms with Gasteiger partial charge in [-0.05, 0) is 30.3 Å². The number of hydrogen-bond donors (Lipinski definition) is 2. The van der Waals surface area contributed by atoms with Gasteiger partial charge in [0.25, 0.3) is 0 Å². The fourth-order valence-corrected chi connectivity index (χ4v) is 3.33. The van der Waals surface area contributed by atoms with Gasteiger partial charge in [-0.15, -0.1) is 0 Å². The van der Waals surface area contributed by atoms with E-state index in [-0.39, 0.29) is 24.8 Å². The largest absolute Gasteiger partial charge is 0.375 e. The van der Waals surface area contributed by atoms with Crippen LogP contribution in [0.1, 0.15) is 5.56 Å². The standard InChI is InChI=1S/C21H19FN2OS/c22-18-11-5-4-8-16(18)14-24-21(25)15-23-19-12-6-7-13-20(19)26-17-9-2-1-3-10-17/h1-13,23H,14-15H2,(H,24,25). The smallest absolute Gasteiger partial charge is 0.239 e. The molecule has 3 rings (SSSR count). The average Bonchev–Trinajstić information content (AvgIpc) is 2.67. The Balaban J connectivity index is 1.56. The molecule has 0 aromatic heterocycles. The summed E-state index contributed by atoms with van der Waals surface area (Å²) in [5, 5.41) is 5.89. The van der Waals surface area contributed by atoms with Gasteiger partial charge in [0.1, 0.15) is 5.82 Å². The minimum Gasteiger partial charge on any atom is -0.375 e. The number of para-hydroxylation sites is 1. The maximum Gasteiger partial charge on any atom is 0.239 e. The van der Waals surface area contributed by atoms with Crippen molar-refractivity contribution in [3.63, 3.8) is 0 Å². The van der Waals surface area contributed by atoms with Crippen LogP contribution in [0.25, 0.3) is 0 Å². The van der Waals surface area contributed by atoms with E-state index in [1.54, 1.807) is 30.0 Å². The lowest BCUT2D eigenvalue weighted by Gasteiger charge is -2.12. The molecular weight excluding hydrogens is 347 g/mol. The van der Waals surface area contributed by atoms with Crippen LogP contribution in [0, 0.1) is 5.82 Å². The van der Waals surface area contributed by atoms with Crippen molar-refractivity contribution >= 4 is 23.4 Å². The van der Waals surface area contributed by atoms with E-state index in [9.17, 15) is 9.18 Å². The normalized spacial score (nSPS) is 10.3. The zero-order valence-corrected chi connectivity index (χ0v) is 14.9. The molecule has 0 saturated carbocycles. The Morgan fingerprint density at radius 3 is 2.38 bits per heavy atom. The van der Waals surface area contributed by atoms with E-state index in [0.29, 0.717) is 5.56 Å². The van der Waals surface area contributed by atoms with Crippen molar-refractivity contribution in [2.24, 2.45) is 0 Å². The van der Waals surface area contributed by atoms with Crippen LogP contribution in [0.4, 0.5) is 10.1 Å². The van der Waals surface area contributed by atoms with Gasteiger partial charge in [0.05, 0.1) is 6.54 Å². The number of carbonyl (C=O) groups excluding carboxylic acids is 1. The summed E-state index contributed by atoms with van der Waals surface area (Å²) in [6, 6.07) is 24.3. The molecule has 0 unspecified atom stereocenters. The fraction of sp³-hybridized carbons (Fsp3) is 0.0952. The molecule has 0 spiro atoms. The summed E-state index contributed by atoms with van der Waals surface area (Å²) < 4.78 is 13.6. The maximum absolute atomic E-state index is 13.6. The molecule has 3 aromatic rings. The highest BCUT2D eigenvalue weighted by Gasteiger charge is 2.07. The van der Waals surface area contributed by atoms with E-state index in [1.165, 1.54) is 6.07 Å². The van der Waals surface area contributed by atoms with Crippen LogP contribution in [0.2, 0.25) is 0 Å². The summed E-state index contributed by atoms with van der Waals surface area (Å²) in [5.74, 6) is -0.502. The van der Waals surface area contributed by atoms with E-state index < -0.39 is 0 Å². The lowest BCUT2D eigenvalue weighted by atomic mass is 10.2. The predicted molar refractivity (Wildman–Crippen MR) is 104 cm³/mol. The minimum atomic E-state index is -0.314. The fourth-order valence-electron chi connectivity index (χ4n) is 2.39. The Kier molecular flexibility index (Phi) is 6.28. The van der Waals surface area contributed by atoms with Gasteiger partial charge in [-0.1, -0.05) is 60.3 Å². The molecule has 0 aliphatic heterocycles. The average molecular weight is 366 g/mol. The van der Waals surface area contributed by atoms with E-state index in [0.717, 1.165) is 15.5 Å². The van der Waals surface area contributed by atoms with Gasteiger partial charge in [0.2, 0.25) is 5.91 Å². The first-order valence-electron chi connectivity index (χ1n) is 8.28. The third-order valence-electron chi connectivity index (χ3n) is 3.73. The minimum absolute atomic E-state index is 0.126. The second-order valence-electron chi connectivity index (χ2n) is 5.63. The van der Waals surface area contributed by atoms with Crippen molar-refractivity contribution in [2.75, 3.05) is 11.9 Å². The van der Waals surface area contributed by atoms with Crippen molar-refractivity contribution in [3.05, 3.63) is 90.2 Å². The number of carbonyl (C=O) groups is 1. The highest BCUT2D eigenvalue weighted by Crippen LogP contribution is 2.32. The monoisotopic (exact) mass is 366 g/mol. The quantitative estimate of drug-likeness (QED) is 0.636. The van der Waals surface area contributed by atoms with Gasteiger partial charge in [-0.3, -0.25) is 4.79 Å². The number of rotatable bonds is 7. The summed E-state index contributed by atoms with van der Waals surface area (Å²) >= 11 is 1.63. The van der Waals surface area contributed by atoms with Crippen LogP contribution in [-0.2, 0) is 11.3 Å². The molecule has 0 heterocycles. The van der Waals surface area contributed by atoms with E-state index >= 15 is 0 Å². The first kappa shape index (κ1) is 18.0. The summed E-state index contributed by atoms with van der Waals surface area (Å²) in [6.45, 7) is 0.300. The highest BCUT2D eigenvalue weighted by atomic mass is 32.2. The molecule has 0 atom stereocenters. The Morgan fingerprint density at radius 2 is 1.58 bits per heavy atom. The van der Waals surface area contributed by atoms with Crippen molar-refractivity contribution < 1.29 is 9.18 Å². The van der Waals surface area contributed by atoms with Crippen LogP contribution >= 0.6 is 11.8 Å². The van der Waals surface area contributed by atoms with Crippen LogP contribution in [-0.4, -0.2) is 12.5 Å². The van der Waals surface area contributed by atoms with Crippen molar-refractivity contribution in [2.45, 2.75) is 16.3 Å². The Morgan fingerprint density at radius 1 is 0.885 bits per heavy atom. The summed E-state index contributed by atoms with van der Waals surface area (Å²) in [7, 11) is 0. The van der Waals surface area contributed by atoms with Crippen LogP contribution in [0.15, 0.2) is 88.7 Å². The third kappa shape index (κ3) is 5.10. The molecule has 0 aliphatic rings. The van der Waals surface area contributed by atoms with Crippen molar-refractivity contribution in [3.8, 4) is 0 Å². The molecular formula is C21H19FN2OS.